The Hall–Kier alpha value is -4.85. The van der Waals surface area contributed by atoms with E-state index >= 15 is 0 Å². The molecular formula is C34H44N10O4. The van der Waals surface area contributed by atoms with Gasteiger partial charge in [-0.3, -0.25) is 14.4 Å². The van der Waals surface area contributed by atoms with E-state index in [1.54, 1.807) is 22.0 Å². The molecule has 0 spiro atoms. The van der Waals surface area contributed by atoms with Crippen LogP contribution in [0.1, 0.15) is 66.7 Å². The Balaban J connectivity index is 1.26. The van der Waals surface area contributed by atoms with E-state index in [2.05, 4.69) is 44.5 Å². The van der Waals surface area contributed by atoms with Crippen molar-refractivity contribution >= 4 is 34.6 Å². The van der Waals surface area contributed by atoms with Crippen molar-refractivity contribution in [1.29, 1.82) is 0 Å². The number of ether oxygens (including phenoxy) is 1. The summed E-state index contributed by atoms with van der Waals surface area (Å²) in [5.74, 6) is 1.24. The number of amides is 3. The van der Waals surface area contributed by atoms with Gasteiger partial charge in [-0.05, 0) is 37.3 Å². The van der Waals surface area contributed by atoms with Gasteiger partial charge in [0.25, 0.3) is 5.91 Å². The lowest BCUT2D eigenvalue weighted by Gasteiger charge is -2.28. The third kappa shape index (κ3) is 7.81. The van der Waals surface area contributed by atoms with Crippen LogP contribution in [0.5, 0.6) is 0 Å². The topological polar surface area (TPSA) is 163 Å². The highest BCUT2D eigenvalue weighted by atomic mass is 16.5. The summed E-state index contributed by atoms with van der Waals surface area (Å²) in [6.45, 7) is 9.63. The van der Waals surface area contributed by atoms with E-state index in [0.717, 1.165) is 16.5 Å². The first-order valence-electron chi connectivity index (χ1n) is 16.7. The number of rotatable bonds is 6. The third-order valence-electron chi connectivity index (χ3n) is 8.77. The van der Waals surface area contributed by atoms with Gasteiger partial charge in [-0.1, -0.05) is 32.0 Å². The van der Waals surface area contributed by atoms with E-state index < -0.39 is 12.1 Å². The molecule has 14 heteroatoms. The lowest BCUT2D eigenvalue weighted by Crippen LogP contribution is -2.49. The van der Waals surface area contributed by atoms with Gasteiger partial charge in [0.1, 0.15) is 17.7 Å². The van der Waals surface area contributed by atoms with E-state index in [1.807, 2.05) is 42.3 Å². The van der Waals surface area contributed by atoms with Crippen LogP contribution in [-0.2, 0) is 27.3 Å². The molecule has 0 unspecified atom stereocenters. The Bertz CT molecular complexity index is 1730. The van der Waals surface area contributed by atoms with Crippen LogP contribution in [0.4, 0.5) is 5.95 Å². The smallest absolute Gasteiger partial charge is 0.257 e. The number of benzene rings is 1. The number of morpholine rings is 1. The fraction of sp³-hybridized carbons (Fsp3) is 0.500. The minimum atomic E-state index is -0.813. The van der Waals surface area contributed by atoms with Crippen LogP contribution in [0.2, 0.25) is 0 Å². The summed E-state index contributed by atoms with van der Waals surface area (Å²) in [5.41, 5.74) is 2.27. The standard InChI is InChI=1S/C34H44N10O4/c1-22(2)17-28-31-38-23(3)41-44(31)12-11-42(33(47)25-20-36-34(37-21-25)43-13-15-48-16-14-43)10-6-9-30(45)39-29(32(46)40-28)18-24-19-35-27-8-5-4-7-26(24)27/h4-5,7-8,19-22,28-29,35H,6,9-18H2,1-3H3,(H,39,45)(H,40,46)/t28-,29+/m0/s1. The Morgan fingerprint density at radius 2 is 1.77 bits per heavy atom. The van der Waals surface area contributed by atoms with Crippen molar-refractivity contribution in [3.63, 3.8) is 0 Å². The first-order valence-corrected chi connectivity index (χ1v) is 16.7. The van der Waals surface area contributed by atoms with Gasteiger partial charge in [0.15, 0.2) is 0 Å². The zero-order chi connectivity index (χ0) is 33.6. The Morgan fingerprint density at radius 1 is 1.00 bits per heavy atom. The number of hydrogen-bond donors (Lipinski definition) is 3. The highest BCUT2D eigenvalue weighted by Crippen LogP contribution is 2.23. The Kier molecular flexibility index (Phi) is 10.3. The van der Waals surface area contributed by atoms with Crippen molar-refractivity contribution in [1.82, 2.24) is 45.2 Å². The van der Waals surface area contributed by atoms with E-state index in [0.29, 0.717) is 88.4 Å². The largest absolute Gasteiger partial charge is 0.378 e. The number of carbonyl (C=O) groups is 3. The van der Waals surface area contributed by atoms with Crippen LogP contribution in [-0.4, -0.2) is 97.8 Å². The average molecular weight is 657 g/mol. The molecule has 2 atom stereocenters. The van der Waals surface area contributed by atoms with Crippen molar-refractivity contribution in [2.24, 2.45) is 5.92 Å². The number of para-hydroxylation sites is 1. The van der Waals surface area contributed by atoms with Gasteiger partial charge in [0.05, 0.1) is 31.4 Å². The Labute approximate surface area is 279 Å². The molecule has 4 aromatic rings. The fourth-order valence-corrected chi connectivity index (χ4v) is 6.36. The number of aromatic nitrogens is 6. The molecule has 2 aliphatic rings. The van der Waals surface area contributed by atoms with Crippen LogP contribution in [0.3, 0.4) is 0 Å². The molecule has 0 aliphatic carbocycles. The molecule has 254 valence electrons. The monoisotopic (exact) mass is 656 g/mol. The number of fused-ring (bicyclic) bond motifs is 2. The first kappa shape index (κ1) is 33.1. The summed E-state index contributed by atoms with van der Waals surface area (Å²) in [4.78, 5) is 61.8. The molecule has 48 heavy (non-hydrogen) atoms. The molecule has 14 nitrogen and oxygen atoms in total. The van der Waals surface area contributed by atoms with Crippen LogP contribution in [0, 0.1) is 12.8 Å². The maximum atomic E-state index is 14.0. The van der Waals surface area contributed by atoms with Gasteiger partial charge in [-0.2, -0.15) is 5.10 Å². The average Bonchev–Trinajstić information content (AvgIpc) is 3.67. The molecule has 6 rings (SSSR count). The van der Waals surface area contributed by atoms with Gasteiger partial charge in [-0.15, -0.1) is 0 Å². The second kappa shape index (κ2) is 14.9. The van der Waals surface area contributed by atoms with Crippen molar-refractivity contribution < 1.29 is 19.1 Å². The van der Waals surface area contributed by atoms with Crippen LogP contribution in [0.15, 0.2) is 42.9 Å². The normalized spacial score (nSPS) is 19.9. The highest BCUT2D eigenvalue weighted by molar-refractivity contribution is 5.94. The fourth-order valence-electron chi connectivity index (χ4n) is 6.36. The summed E-state index contributed by atoms with van der Waals surface area (Å²) in [5, 5.41) is 11.9. The molecule has 3 amide bonds. The molecule has 0 bridgehead atoms. The van der Waals surface area contributed by atoms with Crippen LogP contribution >= 0.6 is 0 Å². The molecule has 3 N–H and O–H groups in total. The number of aryl methyl sites for hydroxylation is 1. The van der Waals surface area contributed by atoms with E-state index in [4.69, 9.17) is 9.72 Å². The van der Waals surface area contributed by atoms with E-state index in [-0.39, 0.29) is 30.1 Å². The summed E-state index contributed by atoms with van der Waals surface area (Å²) in [6, 6.07) is 6.63. The quantitative estimate of drug-likeness (QED) is 0.283. The van der Waals surface area contributed by atoms with Crippen LogP contribution < -0.4 is 15.5 Å². The first-order chi connectivity index (χ1) is 23.2. The molecule has 1 aromatic carbocycles. The zero-order valence-corrected chi connectivity index (χ0v) is 27.8. The number of nitrogens with one attached hydrogen (secondary N) is 3. The van der Waals surface area contributed by atoms with Crippen molar-refractivity contribution in [2.75, 3.05) is 44.3 Å². The predicted octanol–water partition coefficient (Wildman–Crippen LogP) is 2.56. The number of nitrogens with zero attached hydrogens (tertiary/aromatic N) is 7. The van der Waals surface area contributed by atoms with Gasteiger partial charge < -0.3 is 30.2 Å². The second-order valence-electron chi connectivity index (χ2n) is 12.9. The maximum absolute atomic E-state index is 14.0. The number of anilines is 1. The maximum Gasteiger partial charge on any atom is 0.257 e. The number of hydrogen-bond acceptors (Lipinski definition) is 9. The molecule has 2 aliphatic heterocycles. The number of carbonyl (C=O) groups excluding carboxylic acids is 3. The number of aromatic amines is 1. The molecular weight excluding hydrogens is 612 g/mol. The lowest BCUT2D eigenvalue weighted by molar-refractivity contribution is -0.129. The summed E-state index contributed by atoms with van der Waals surface area (Å²) < 4.78 is 7.22. The molecule has 3 aromatic heterocycles. The number of H-pyrrole nitrogens is 1. The third-order valence-corrected chi connectivity index (χ3v) is 8.77. The van der Waals surface area contributed by atoms with Crippen molar-refractivity contribution in [2.45, 2.75) is 65.1 Å². The van der Waals surface area contributed by atoms with Gasteiger partial charge in [0, 0.05) is 68.5 Å². The minimum Gasteiger partial charge on any atom is -0.378 e. The molecule has 5 heterocycles. The lowest BCUT2D eigenvalue weighted by atomic mass is 10.0. The molecule has 1 saturated heterocycles. The molecule has 0 saturated carbocycles. The van der Waals surface area contributed by atoms with Gasteiger partial charge in [-0.25, -0.2) is 19.6 Å². The molecule has 1 fully saturated rings. The summed E-state index contributed by atoms with van der Waals surface area (Å²) >= 11 is 0. The molecule has 0 radical (unpaired) electrons. The van der Waals surface area contributed by atoms with E-state index in [9.17, 15) is 14.4 Å². The van der Waals surface area contributed by atoms with Crippen molar-refractivity contribution in [3.05, 3.63) is 65.6 Å². The zero-order valence-electron chi connectivity index (χ0n) is 27.8. The van der Waals surface area contributed by atoms with Crippen molar-refractivity contribution in [3.8, 4) is 0 Å². The minimum absolute atomic E-state index is 0.150. The Morgan fingerprint density at radius 3 is 2.54 bits per heavy atom. The van der Waals surface area contributed by atoms with Gasteiger partial charge in [0.2, 0.25) is 17.8 Å². The van der Waals surface area contributed by atoms with E-state index in [1.165, 1.54) is 0 Å². The van der Waals surface area contributed by atoms with Gasteiger partial charge >= 0.3 is 0 Å². The summed E-state index contributed by atoms with van der Waals surface area (Å²) in [6.07, 6.45) is 6.50. The van der Waals surface area contributed by atoms with Crippen LogP contribution in [0.25, 0.3) is 10.9 Å². The summed E-state index contributed by atoms with van der Waals surface area (Å²) in [7, 11) is 0. The SMILES string of the molecule is Cc1nc2n(n1)CCN(C(=O)c1cnc(N3CCOCC3)nc1)CCCC(=O)N[C@H](Cc1c[nH]c3ccccc13)C(=O)N[C@H]2CC(C)C. The second-order valence-corrected chi connectivity index (χ2v) is 12.9. The highest BCUT2D eigenvalue weighted by Gasteiger charge is 2.29. The predicted molar refractivity (Wildman–Crippen MR) is 179 cm³/mol.